The molecular weight excluding hydrogens is 411 g/mol. The summed E-state index contributed by atoms with van der Waals surface area (Å²) in [6.07, 6.45) is 0. The Morgan fingerprint density at radius 1 is 0.897 bits per heavy atom. The summed E-state index contributed by atoms with van der Waals surface area (Å²) in [5.74, 6) is -0.250. The molecule has 7 heteroatoms. The molecule has 0 bridgehead atoms. The predicted molar refractivity (Wildman–Crippen MR) is 115 cm³/mol. The van der Waals surface area contributed by atoms with Gasteiger partial charge in [0.2, 0.25) is 0 Å². The number of benzene rings is 3. The first-order valence-corrected chi connectivity index (χ1v) is 9.53. The van der Waals surface area contributed by atoms with Gasteiger partial charge in [0, 0.05) is 17.8 Å². The number of para-hydroxylation sites is 1. The molecule has 0 fully saturated rings. The molecule has 148 valence electrons. The zero-order valence-electron chi connectivity index (χ0n) is 15.5. The van der Waals surface area contributed by atoms with Crippen LogP contribution in [0.3, 0.4) is 0 Å². The Bertz CT molecular complexity index is 1040. The molecule has 0 atom stereocenters. The van der Waals surface area contributed by atoms with Gasteiger partial charge in [0.25, 0.3) is 11.8 Å². The molecule has 2 amide bonds. The maximum atomic E-state index is 12.8. The van der Waals surface area contributed by atoms with Gasteiger partial charge in [-0.15, -0.1) is 0 Å². The normalized spacial score (nSPS) is 10.3. The Morgan fingerprint density at radius 2 is 1.62 bits per heavy atom. The van der Waals surface area contributed by atoms with Crippen LogP contribution in [0.1, 0.15) is 26.3 Å². The fourth-order valence-electron chi connectivity index (χ4n) is 2.63. The summed E-state index contributed by atoms with van der Waals surface area (Å²) in [6, 6.07) is 18.9. The van der Waals surface area contributed by atoms with E-state index in [0.29, 0.717) is 33.7 Å². The monoisotopic (exact) mass is 428 g/mol. The Hall–Kier alpha value is -3.02. The van der Waals surface area contributed by atoms with E-state index in [-0.39, 0.29) is 17.4 Å². The second kappa shape index (κ2) is 9.45. The average molecular weight is 429 g/mol. The molecular formula is C22H18Cl2N2O3. The maximum Gasteiger partial charge on any atom is 0.259 e. The lowest BCUT2D eigenvalue weighted by molar-refractivity contribution is 0.0961. The quantitative estimate of drug-likeness (QED) is 0.567. The third kappa shape index (κ3) is 5.28. The third-order valence-electron chi connectivity index (χ3n) is 4.14. The molecule has 29 heavy (non-hydrogen) atoms. The Kier molecular flexibility index (Phi) is 6.75. The highest BCUT2D eigenvalue weighted by molar-refractivity contribution is 6.34. The zero-order chi connectivity index (χ0) is 20.8. The number of carbonyl (C=O) groups excluding carboxylic acids is 2. The lowest BCUT2D eigenvalue weighted by atomic mass is 10.1. The van der Waals surface area contributed by atoms with Gasteiger partial charge in [-0.2, -0.15) is 0 Å². The van der Waals surface area contributed by atoms with Gasteiger partial charge in [-0.3, -0.25) is 9.59 Å². The summed E-state index contributed by atoms with van der Waals surface area (Å²) in [4.78, 5) is 24.7. The van der Waals surface area contributed by atoms with Crippen molar-refractivity contribution in [3.8, 4) is 5.75 Å². The smallest absolute Gasteiger partial charge is 0.259 e. The highest BCUT2D eigenvalue weighted by Gasteiger charge is 2.15. The van der Waals surface area contributed by atoms with Gasteiger partial charge in [-0.1, -0.05) is 47.5 Å². The number of nitrogens with one attached hydrogen (secondary N) is 2. The number of rotatable bonds is 6. The van der Waals surface area contributed by atoms with Gasteiger partial charge in [-0.25, -0.2) is 0 Å². The van der Waals surface area contributed by atoms with E-state index in [4.69, 9.17) is 27.9 Å². The maximum absolute atomic E-state index is 12.8. The van der Waals surface area contributed by atoms with Gasteiger partial charge in [0.05, 0.1) is 16.1 Å². The predicted octanol–water partition coefficient (Wildman–Crippen LogP) is 5.18. The standard InChI is InChI=1S/C22H18Cl2N2O3/c1-25-21(27)18-12-16(10-11-19(18)24)26-22(28)17-4-2-3-5-20(17)29-13-14-6-8-15(23)9-7-14/h2-12H,13H2,1H3,(H,25,27)(H,26,28). The van der Waals surface area contributed by atoms with Crippen molar-refractivity contribution in [1.29, 1.82) is 0 Å². The lowest BCUT2D eigenvalue weighted by Gasteiger charge is -2.13. The second-order valence-electron chi connectivity index (χ2n) is 6.14. The van der Waals surface area contributed by atoms with Crippen LogP contribution in [0.5, 0.6) is 5.75 Å². The van der Waals surface area contributed by atoms with E-state index in [9.17, 15) is 9.59 Å². The van der Waals surface area contributed by atoms with E-state index in [1.807, 2.05) is 12.1 Å². The molecule has 0 heterocycles. The van der Waals surface area contributed by atoms with Crippen LogP contribution >= 0.6 is 23.2 Å². The van der Waals surface area contributed by atoms with Crippen LogP contribution in [0.4, 0.5) is 5.69 Å². The molecule has 0 aliphatic heterocycles. The number of amides is 2. The largest absolute Gasteiger partial charge is 0.488 e. The molecule has 5 nitrogen and oxygen atoms in total. The van der Waals surface area contributed by atoms with Crippen molar-refractivity contribution in [2.45, 2.75) is 6.61 Å². The molecule has 0 radical (unpaired) electrons. The summed E-state index contributed by atoms with van der Waals surface area (Å²) in [5, 5.41) is 6.24. The molecule has 3 aromatic rings. The summed E-state index contributed by atoms with van der Waals surface area (Å²) in [7, 11) is 1.51. The molecule has 0 aliphatic rings. The summed E-state index contributed by atoms with van der Waals surface area (Å²) >= 11 is 12.0. The number of carbonyl (C=O) groups is 2. The van der Waals surface area contributed by atoms with Gasteiger partial charge in [-0.05, 0) is 48.0 Å². The van der Waals surface area contributed by atoms with Crippen molar-refractivity contribution in [1.82, 2.24) is 5.32 Å². The van der Waals surface area contributed by atoms with E-state index < -0.39 is 0 Å². The summed E-state index contributed by atoms with van der Waals surface area (Å²) < 4.78 is 5.83. The van der Waals surface area contributed by atoms with E-state index in [0.717, 1.165) is 5.56 Å². The number of hydrogen-bond donors (Lipinski definition) is 2. The van der Waals surface area contributed by atoms with E-state index in [1.54, 1.807) is 48.5 Å². The first-order chi connectivity index (χ1) is 14.0. The fourth-order valence-corrected chi connectivity index (χ4v) is 2.96. The SMILES string of the molecule is CNC(=O)c1cc(NC(=O)c2ccccc2OCc2ccc(Cl)cc2)ccc1Cl. The minimum Gasteiger partial charge on any atom is -0.488 e. The molecule has 0 saturated heterocycles. The highest BCUT2D eigenvalue weighted by Crippen LogP contribution is 2.24. The molecule has 3 rings (SSSR count). The highest BCUT2D eigenvalue weighted by atomic mass is 35.5. The van der Waals surface area contributed by atoms with Crippen LogP contribution in [0.25, 0.3) is 0 Å². The molecule has 0 unspecified atom stereocenters. The average Bonchev–Trinajstić information content (AvgIpc) is 2.74. The lowest BCUT2D eigenvalue weighted by Crippen LogP contribution is -2.19. The first kappa shape index (κ1) is 20.7. The minimum absolute atomic E-state index is 0.277. The van der Waals surface area contributed by atoms with Crippen LogP contribution < -0.4 is 15.4 Å². The molecule has 2 N–H and O–H groups in total. The van der Waals surface area contributed by atoms with E-state index in [1.165, 1.54) is 13.1 Å². The molecule has 0 aliphatic carbocycles. The van der Waals surface area contributed by atoms with Crippen molar-refractivity contribution in [3.63, 3.8) is 0 Å². The molecule has 0 saturated carbocycles. The Morgan fingerprint density at radius 3 is 2.34 bits per heavy atom. The topological polar surface area (TPSA) is 67.4 Å². The first-order valence-electron chi connectivity index (χ1n) is 8.77. The van der Waals surface area contributed by atoms with Gasteiger partial charge >= 0.3 is 0 Å². The molecule has 0 spiro atoms. The van der Waals surface area contributed by atoms with E-state index in [2.05, 4.69) is 10.6 Å². The van der Waals surface area contributed by atoms with Crippen molar-refractivity contribution in [2.24, 2.45) is 0 Å². The summed E-state index contributed by atoms with van der Waals surface area (Å²) in [6.45, 7) is 0.295. The van der Waals surface area contributed by atoms with Crippen LogP contribution in [0, 0.1) is 0 Å². The number of anilines is 1. The number of halogens is 2. The number of hydrogen-bond acceptors (Lipinski definition) is 3. The van der Waals surface area contributed by atoms with Crippen molar-refractivity contribution in [3.05, 3.63) is 93.5 Å². The fraction of sp³-hybridized carbons (Fsp3) is 0.0909. The van der Waals surface area contributed by atoms with Crippen molar-refractivity contribution in [2.75, 3.05) is 12.4 Å². The van der Waals surface area contributed by atoms with Gasteiger partial charge in [0.1, 0.15) is 12.4 Å². The minimum atomic E-state index is -0.359. The van der Waals surface area contributed by atoms with Crippen LogP contribution in [-0.4, -0.2) is 18.9 Å². The number of ether oxygens (including phenoxy) is 1. The Labute approximate surface area is 178 Å². The third-order valence-corrected chi connectivity index (χ3v) is 4.72. The van der Waals surface area contributed by atoms with Gasteiger partial charge < -0.3 is 15.4 Å². The molecule has 0 aromatic heterocycles. The Balaban J connectivity index is 1.76. The van der Waals surface area contributed by atoms with Crippen molar-refractivity contribution < 1.29 is 14.3 Å². The summed E-state index contributed by atoms with van der Waals surface area (Å²) in [5.41, 5.74) is 2.03. The van der Waals surface area contributed by atoms with Crippen LogP contribution in [0.2, 0.25) is 10.0 Å². The van der Waals surface area contributed by atoms with E-state index >= 15 is 0 Å². The zero-order valence-corrected chi connectivity index (χ0v) is 17.1. The van der Waals surface area contributed by atoms with Gasteiger partial charge in [0.15, 0.2) is 0 Å². The van der Waals surface area contributed by atoms with Crippen LogP contribution in [-0.2, 0) is 6.61 Å². The second-order valence-corrected chi connectivity index (χ2v) is 6.98. The van der Waals surface area contributed by atoms with Crippen LogP contribution in [0.15, 0.2) is 66.7 Å². The van der Waals surface area contributed by atoms with Crippen molar-refractivity contribution >= 4 is 40.7 Å². The molecule has 3 aromatic carbocycles.